The van der Waals surface area contributed by atoms with E-state index in [-0.39, 0.29) is 0 Å². The molecule has 0 aromatic rings. The maximum atomic E-state index is 10.1. The molecular formula is C10H22O3Si3. The second-order valence-corrected chi connectivity index (χ2v) is 10.5. The molecule has 0 aliphatic rings. The molecule has 0 bridgehead atoms. The fraction of sp³-hybridized carbons (Fsp3) is 0.400. The third-order valence-corrected chi connectivity index (χ3v) is 8.96. The van der Waals surface area contributed by atoms with Crippen molar-refractivity contribution in [1.82, 2.24) is 0 Å². The molecule has 0 atom stereocenters. The first kappa shape index (κ1) is 15.8. The third-order valence-electron chi connectivity index (χ3n) is 2.26. The summed E-state index contributed by atoms with van der Waals surface area (Å²) in [6.45, 7) is 11.6. The van der Waals surface area contributed by atoms with E-state index in [2.05, 4.69) is 6.58 Å². The number of allylic oxidation sites excluding steroid dienone is 4. The molecule has 0 radical (unpaired) electrons. The van der Waals surface area contributed by atoms with Gasteiger partial charge < -0.3 is 13.0 Å². The summed E-state index contributed by atoms with van der Waals surface area (Å²) in [6.07, 6.45) is 4.03. The minimum absolute atomic E-state index is 0.851. The highest BCUT2D eigenvalue weighted by atomic mass is 28.4. The van der Waals surface area contributed by atoms with E-state index < -0.39 is 28.3 Å². The Morgan fingerprint density at radius 2 is 1.50 bits per heavy atom. The molecule has 0 fully saturated rings. The van der Waals surface area contributed by atoms with Crippen molar-refractivity contribution in [1.29, 1.82) is 0 Å². The summed E-state index contributed by atoms with van der Waals surface area (Å²) in [7, 11) is -4.78. The lowest BCUT2D eigenvalue weighted by Gasteiger charge is -2.21. The van der Waals surface area contributed by atoms with E-state index in [0.29, 0.717) is 0 Å². The Hall–Kier alpha value is -0.249. The second kappa shape index (κ2) is 7.93. The Balaban J connectivity index is 4.26. The summed E-state index contributed by atoms with van der Waals surface area (Å²) >= 11 is 0. The maximum absolute atomic E-state index is 10.1. The topological polar surface area (TPSA) is 38.7 Å². The van der Waals surface area contributed by atoms with Crippen LogP contribution < -0.4 is 0 Å². The first-order valence-corrected chi connectivity index (χ1v) is 9.76. The summed E-state index contributed by atoms with van der Waals surface area (Å²) < 4.78 is 11.1. The van der Waals surface area contributed by atoms with E-state index in [1.54, 1.807) is 0 Å². The lowest BCUT2D eigenvalue weighted by molar-refractivity contribution is 0.284. The first-order valence-electron chi connectivity index (χ1n) is 5.35. The fourth-order valence-electron chi connectivity index (χ4n) is 0.761. The van der Waals surface area contributed by atoms with Gasteiger partial charge in [0, 0.05) is 0 Å². The number of hydrogen-bond acceptors (Lipinski definition) is 3. The predicted octanol–water partition coefficient (Wildman–Crippen LogP) is 0.691. The molecule has 92 valence electrons. The van der Waals surface area contributed by atoms with Crippen LogP contribution in [0, 0.1) is 0 Å². The highest BCUT2D eigenvalue weighted by Gasteiger charge is 2.31. The van der Waals surface area contributed by atoms with Crippen molar-refractivity contribution in [2.45, 2.75) is 27.7 Å². The van der Waals surface area contributed by atoms with Crippen LogP contribution in [0.4, 0.5) is 0 Å². The van der Waals surface area contributed by atoms with Crippen LogP contribution in [0.1, 0.15) is 27.7 Å². The van der Waals surface area contributed by atoms with Gasteiger partial charge in [-0.1, -0.05) is 29.1 Å². The summed E-state index contributed by atoms with van der Waals surface area (Å²) in [5.41, 5.74) is 1.46. The van der Waals surface area contributed by atoms with E-state index in [0.717, 1.165) is 0 Å². The van der Waals surface area contributed by atoms with Crippen LogP contribution in [0.3, 0.4) is 0 Å². The average Bonchev–Trinajstić information content (AvgIpc) is 2.32. The van der Waals surface area contributed by atoms with Gasteiger partial charge in [0.25, 0.3) is 0 Å². The first-order chi connectivity index (χ1) is 7.47. The molecular weight excluding hydrogens is 252 g/mol. The van der Waals surface area contributed by atoms with Gasteiger partial charge in [0.15, 0.2) is 19.5 Å². The molecule has 0 amide bonds. The molecule has 0 unspecified atom stereocenters. The Morgan fingerprint density at radius 3 is 1.75 bits per heavy atom. The quantitative estimate of drug-likeness (QED) is 0.694. The smallest absolute Gasteiger partial charge is 0.415 e. The summed E-state index contributed by atoms with van der Waals surface area (Å²) in [5, 5.41) is 2.42. The van der Waals surface area contributed by atoms with Crippen LogP contribution in [0.2, 0.25) is 0 Å². The zero-order valence-corrected chi connectivity index (χ0v) is 14.4. The van der Waals surface area contributed by atoms with Crippen LogP contribution in [-0.2, 0) is 8.23 Å². The zero-order valence-electron chi connectivity index (χ0n) is 10.6. The molecule has 0 spiro atoms. The van der Waals surface area contributed by atoms with Crippen molar-refractivity contribution in [2.24, 2.45) is 0 Å². The molecule has 16 heavy (non-hydrogen) atoms. The molecule has 0 aliphatic heterocycles. The van der Waals surface area contributed by atoms with Crippen LogP contribution in [0.15, 0.2) is 34.8 Å². The monoisotopic (exact) mass is 274 g/mol. The van der Waals surface area contributed by atoms with E-state index in [1.165, 1.54) is 16.1 Å². The van der Waals surface area contributed by atoms with Gasteiger partial charge in [0.2, 0.25) is 0 Å². The predicted molar refractivity (Wildman–Crippen MR) is 76.3 cm³/mol. The van der Waals surface area contributed by atoms with Crippen molar-refractivity contribution in [3.63, 3.8) is 0 Å². The van der Waals surface area contributed by atoms with Crippen molar-refractivity contribution in [3.8, 4) is 0 Å². The highest BCUT2D eigenvalue weighted by molar-refractivity contribution is 6.74. The van der Waals surface area contributed by atoms with E-state index >= 15 is 0 Å². The van der Waals surface area contributed by atoms with Crippen molar-refractivity contribution < 1.29 is 13.0 Å². The van der Waals surface area contributed by atoms with Gasteiger partial charge in [-0.2, -0.15) is 0 Å². The molecule has 0 aromatic heterocycles. The van der Waals surface area contributed by atoms with Crippen LogP contribution >= 0.6 is 0 Å². The fourth-order valence-corrected chi connectivity index (χ4v) is 6.60. The van der Waals surface area contributed by atoms with E-state index in [4.69, 9.17) is 8.23 Å². The molecule has 6 heteroatoms. The molecule has 3 nitrogen and oxygen atoms in total. The van der Waals surface area contributed by atoms with Crippen molar-refractivity contribution in [3.05, 3.63) is 34.8 Å². The van der Waals surface area contributed by atoms with Gasteiger partial charge in [-0.25, -0.2) is 0 Å². The highest BCUT2D eigenvalue weighted by Crippen LogP contribution is 2.06. The standard InChI is InChI=1S/C10H22O3Si3/c1-6-9(4)14-12-16(11,8-3)13-15-10(5)7-2/h6-8,11H,3,14-15H2,1-2,4-5H3. The van der Waals surface area contributed by atoms with Gasteiger partial charge in [-0.3, -0.25) is 0 Å². The van der Waals surface area contributed by atoms with Crippen LogP contribution in [0.25, 0.3) is 0 Å². The largest absolute Gasteiger partial charge is 0.505 e. The molecule has 0 aromatic carbocycles. The van der Waals surface area contributed by atoms with Gasteiger partial charge in [0.1, 0.15) is 0 Å². The molecule has 0 heterocycles. The van der Waals surface area contributed by atoms with Gasteiger partial charge in [-0.05, 0) is 33.4 Å². The van der Waals surface area contributed by atoms with Gasteiger partial charge >= 0.3 is 8.80 Å². The summed E-state index contributed by atoms with van der Waals surface area (Å²) in [6, 6.07) is 0. The molecule has 0 saturated carbocycles. The SMILES string of the molecule is C=C[Si](O)(O[SiH2]C(C)=CC)O[SiH2]C(C)=CC. The lowest BCUT2D eigenvalue weighted by atomic mass is 10.6. The number of hydrogen-bond donors (Lipinski definition) is 1. The lowest BCUT2D eigenvalue weighted by Crippen LogP contribution is -2.43. The minimum Gasteiger partial charge on any atom is -0.415 e. The Bertz CT molecular complexity index is 265. The van der Waals surface area contributed by atoms with Crippen molar-refractivity contribution in [2.75, 3.05) is 0 Å². The Labute approximate surface area is 104 Å². The van der Waals surface area contributed by atoms with Crippen LogP contribution in [0.5, 0.6) is 0 Å². The minimum atomic E-state index is -3.08. The normalized spacial score (nSPS) is 18.6. The van der Waals surface area contributed by atoms with Gasteiger partial charge in [0.05, 0.1) is 0 Å². The summed E-state index contributed by atoms with van der Waals surface area (Å²) in [5.74, 6) is 0. The van der Waals surface area contributed by atoms with E-state index in [1.807, 2.05) is 39.8 Å². The van der Waals surface area contributed by atoms with E-state index in [9.17, 15) is 4.80 Å². The molecule has 1 N–H and O–H groups in total. The maximum Gasteiger partial charge on any atom is 0.505 e. The average molecular weight is 275 g/mol. The Morgan fingerprint density at radius 1 is 1.12 bits per heavy atom. The van der Waals surface area contributed by atoms with Crippen molar-refractivity contribution >= 4 is 28.3 Å². The summed E-state index contributed by atoms with van der Waals surface area (Å²) in [4.78, 5) is 10.1. The third kappa shape index (κ3) is 6.36. The zero-order chi connectivity index (χ0) is 12.6. The van der Waals surface area contributed by atoms with Gasteiger partial charge in [-0.15, -0.1) is 0 Å². The second-order valence-electron chi connectivity index (χ2n) is 3.68. The number of rotatable bonds is 7. The molecule has 0 saturated heterocycles. The molecule has 0 rings (SSSR count). The Kier molecular flexibility index (Phi) is 7.81. The van der Waals surface area contributed by atoms with Crippen LogP contribution in [-0.4, -0.2) is 33.1 Å². The molecule has 0 aliphatic carbocycles.